The average molecular weight is 356 g/mol. The Labute approximate surface area is 150 Å². The maximum Gasteiger partial charge on any atom is 0.337 e. The van der Waals surface area contributed by atoms with Crippen molar-refractivity contribution in [1.29, 1.82) is 0 Å². The van der Waals surface area contributed by atoms with E-state index in [1.807, 2.05) is 10.6 Å². The number of carbonyl (C=O) groups is 2. The first-order valence-electron chi connectivity index (χ1n) is 8.37. The summed E-state index contributed by atoms with van der Waals surface area (Å²) >= 11 is 1.37. The zero-order valence-corrected chi connectivity index (χ0v) is 15.0. The molecule has 0 bridgehead atoms. The molecule has 0 atom stereocenters. The number of terminal acetylenes is 1. The van der Waals surface area contributed by atoms with Crippen LogP contribution in [0.2, 0.25) is 0 Å². The van der Waals surface area contributed by atoms with Crippen molar-refractivity contribution in [3.8, 4) is 12.3 Å². The van der Waals surface area contributed by atoms with Gasteiger partial charge >= 0.3 is 5.97 Å². The van der Waals surface area contributed by atoms with Gasteiger partial charge in [0.05, 0.1) is 29.4 Å². The van der Waals surface area contributed by atoms with Gasteiger partial charge in [-0.1, -0.05) is 36.5 Å². The number of methoxy groups -OCH3 is 1. The van der Waals surface area contributed by atoms with E-state index < -0.39 is 5.97 Å². The van der Waals surface area contributed by atoms with Gasteiger partial charge in [0.25, 0.3) is 5.91 Å². The van der Waals surface area contributed by atoms with E-state index in [-0.39, 0.29) is 11.8 Å². The Morgan fingerprint density at radius 2 is 2.12 bits per heavy atom. The van der Waals surface area contributed by atoms with Gasteiger partial charge in [-0.15, -0.1) is 6.42 Å². The number of rotatable bonds is 3. The molecule has 0 N–H and O–H groups in total. The number of benzene rings is 1. The second kappa shape index (κ2) is 7.66. The van der Waals surface area contributed by atoms with E-state index in [1.54, 1.807) is 12.1 Å². The lowest BCUT2D eigenvalue weighted by molar-refractivity contribution is -0.122. The largest absolute Gasteiger partial charge is 0.465 e. The molecular formula is C19H20N2O3S. The second-order valence-corrected chi connectivity index (χ2v) is 7.14. The molecule has 5 nitrogen and oxygen atoms in total. The molecule has 2 aromatic rings. The van der Waals surface area contributed by atoms with E-state index in [0.29, 0.717) is 16.9 Å². The van der Waals surface area contributed by atoms with Crippen LogP contribution in [-0.2, 0) is 16.1 Å². The fraction of sp³-hybridized carbons (Fsp3) is 0.421. The van der Waals surface area contributed by atoms with Crippen molar-refractivity contribution < 1.29 is 14.3 Å². The highest BCUT2D eigenvalue weighted by Crippen LogP contribution is 2.25. The number of amides is 1. The third-order valence-electron chi connectivity index (χ3n) is 4.51. The average Bonchev–Trinajstić information content (AvgIpc) is 2.98. The van der Waals surface area contributed by atoms with Crippen molar-refractivity contribution in [2.24, 2.45) is 10.9 Å². The predicted octanol–water partition coefficient (Wildman–Crippen LogP) is 3.13. The lowest BCUT2D eigenvalue weighted by Crippen LogP contribution is -2.21. The summed E-state index contributed by atoms with van der Waals surface area (Å²) in [5.41, 5.74) is 1.33. The Hall–Kier alpha value is -2.39. The fourth-order valence-corrected chi connectivity index (χ4v) is 4.26. The standard InChI is InChI=1S/C19H20N2O3S/c1-3-11-21-15-10-9-14(18(23)24-2)12-16(15)25-19(21)20-17(22)13-7-5-4-6-8-13/h1,9-10,12-13H,4-8,11H2,2H3. The van der Waals surface area contributed by atoms with E-state index in [4.69, 9.17) is 11.2 Å². The van der Waals surface area contributed by atoms with Crippen LogP contribution in [0.15, 0.2) is 23.2 Å². The first-order valence-corrected chi connectivity index (χ1v) is 9.19. The van der Waals surface area contributed by atoms with Crippen LogP contribution in [0.5, 0.6) is 0 Å². The molecule has 6 heteroatoms. The summed E-state index contributed by atoms with van der Waals surface area (Å²) in [5.74, 6) is 2.17. The molecule has 0 spiro atoms. The third kappa shape index (κ3) is 3.67. The van der Waals surface area contributed by atoms with Crippen molar-refractivity contribution in [3.05, 3.63) is 28.6 Å². The van der Waals surface area contributed by atoms with Gasteiger partial charge in [0, 0.05) is 5.92 Å². The minimum Gasteiger partial charge on any atom is -0.465 e. The smallest absolute Gasteiger partial charge is 0.337 e. The number of hydrogen-bond acceptors (Lipinski definition) is 4. The van der Waals surface area contributed by atoms with E-state index in [0.717, 1.165) is 35.9 Å². The van der Waals surface area contributed by atoms with Crippen LogP contribution in [0.1, 0.15) is 42.5 Å². The molecule has 25 heavy (non-hydrogen) atoms. The summed E-state index contributed by atoms with van der Waals surface area (Å²) in [5, 5.41) is 0. The van der Waals surface area contributed by atoms with Gasteiger partial charge in [-0.25, -0.2) is 4.79 Å². The first-order chi connectivity index (χ1) is 12.1. The van der Waals surface area contributed by atoms with E-state index in [1.165, 1.54) is 24.9 Å². The number of carbonyl (C=O) groups excluding carboxylic acids is 2. The van der Waals surface area contributed by atoms with Gasteiger partial charge < -0.3 is 9.30 Å². The summed E-state index contributed by atoms with van der Waals surface area (Å²) in [7, 11) is 1.35. The highest BCUT2D eigenvalue weighted by molar-refractivity contribution is 7.16. The Bertz CT molecular complexity index is 911. The van der Waals surface area contributed by atoms with Gasteiger partial charge in [0.2, 0.25) is 0 Å². The molecule has 1 aromatic heterocycles. The maximum absolute atomic E-state index is 12.5. The Morgan fingerprint density at radius 1 is 1.36 bits per heavy atom. The summed E-state index contributed by atoms with van der Waals surface area (Å²) in [6, 6.07) is 5.27. The molecule has 1 aliphatic carbocycles. The SMILES string of the molecule is C#CCn1c(=NC(=O)C2CCCCC2)sc2cc(C(=O)OC)ccc21. The number of esters is 1. The molecule has 1 fully saturated rings. The zero-order valence-electron chi connectivity index (χ0n) is 14.2. The summed E-state index contributed by atoms with van der Waals surface area (Å²) < 4.78 is 7.47. The molecule has 0 unspecified atom stereocenters. The molecule has 1 heterocycles. The van der Waals surface area contributed by atoms with E-state index in [2.05, 4.69) is 10.9 Å². The van der Waals surface area contributed by atoms with E-state index in [9.17, 15) is 9.59 Å². The van der Waals surface area contributed by atoms with Crippen LogP contribution in [0, 0.1) is 18.3 Å². The van der Waals surface area contributed by atoms with Crippen LogP contribution in [0.4, 0.5) is 0 Å². The molecule has 1 aromatic carbocycles. The number of hydrogen-bond donors (Lipinski definition) is 0. The highest BCUT2D eigenvalue weighted by atomic mass is 32.1. The first kappa shape index (κ1) is 17.4. The van der Waals surface area contributed by atoms with Crippen LogP contribution in [0.25, 0.3) is 10.2 Å². The van der Waals surface area contributed by atoms with Gasteiger partial charge in [-0.3, -0.25) is 4.79 Å². The summed E-state index contributed by atoms with van der Waals surface area (Å²) in [4.78, 5) is 29.2. The molecule has 1 amide bonds. The van der Waals surface area contributed by atoms with Crippen molar-refractivity contribution in [2.75, 3.05) is 7.11 Å². The third-order valence-corrected chi connectivity index (χ3v) is 5.55. The minimum absolute atomic E-state index is 0.0175. The molecular weight excluding hydrogens is 336 g/mol. The monoisotopic (exact) mass is 356 g/mol. The zero-order chi connectivity index (χ0) is 17.8. The normalized spacial score (nSPS) is 15.9. The molecule has 1 aliphatic rings. The van der Waals surface area contributed by atoms with Gasteiger partial charge in [-0.05, 0) is 31.0 Å². The maximum atomic E-state index is 12.5. The van der Waals surface area contributed by atoms with Crippen LogP contribution < -0.4 is 4.80 Å². The lowest BCUT2D eigenvalue weighted by atomic mass is 9.89. The van der Waals surface area contributed by atoms with Crippen LogP contribution in [-0.4, -0.2) is 23.6 Å². The second-order valence-electron chi connectivity index (χ2n) is 6.13. The van der Waals surface area contributed by atoms with Crippen molar-refractivity contribution >= 4 is 33.4 Å². The summed E-state index contributed by atoms with van der Waals surface area (Å²) in [6.07, 6.45) is 10.7. The Kier molecular flexibility index (Phi) is 5.34. The van der Waals surface area contributed by atoms with Crippen molar-refractivity contribution in [3.63, 3.8) is 0 Å². The van der Waals surface area contributed by atoms with E-state index >= 15 is 0 Å². The fourth-order valence-electron chi connectivity index (χ4n) is 3.18. The number of aromatic nitrogens is 1. The quantitative estimate of drug-likeness (QED) is 0.627. The lowest BCUT2D eigenvalue weighted by Gasteiger charge is -2.17. The van der Waals surface area contributed by atoms with Gasteiger partial charge in [0.15, 0.2) is 4.80 Å². The number of fused-ring (bicyclic) bond motifs is 1. The van der Waals surface area contributed by atoms with Crippen molar-refractivity contribution in [1.82, 2.24) is 4.57 Å². The topological polar surface area (TPSA) is 60.7 Å². The summed E-state index contributed by atoms with van der Waals surface area (Å²) in [6.45, 7) is 0.328. The number of ether oxygens (including phenoxy) is 1. The molecule has 130 valence electrons. The van der Waals surface area contributed by atoms with Crippen molar-refractivity contribution in [2.45, 2.75) is 38.6 Å². The molecule has 0 radical (unpaired) electrons. The molecule has 3 rings (SSSR count). The predicted molar refractivity (Wildman–Crippen MR) is 97.1 cm³/mol. The Morgan fingerprint density at radius 3 is 2.80 bits per heavy atom. The van der Waals surface area contributed by atoms with Crippen LogP contribution >= 0.6 is 11.3 Å². The molecule has 0 aliphatic heterocycles. The number of thiazole rings is 1. The molecule has 0 saturated heterocycles. The minimum atomic E-state index is -0.393. The molecule has 1 saturated carbocycles. The van der Waals surface area contributed by atoms with Gasteiger partial charge in [-0.2, -0.15) is 4.99 Å². The highest BCUT2D eigenvalue weighted by Gasteiger charge is 2.21. The van der Waals surface area contributed by atoms with Crippen LogP contribution in [0.3, 0.4) is 0 Å². The van der Waals surface area contributed by atoms with Gasteiger partial charge in [0.1, 0.15) is 0 Å². The Balaban J connectivity index is 2.05. The number of nitrogens with zero attached hydrogens (tertiary/aromatic N) is 2.